The zero-order valence-corrected chi connectivity index (χ0v) is 24.7. The van der Waals surface area contributed by atoms with Gasteiger partial charge in [0.25, 0.3) is 5.91 Å². The first-order chi connectivity index (χ1) is 19.7. The SMILES string of the molecule is CCCCCc1ccc(C(=O)N(Cc2ccc(N3CCOCC3)cc2)C2CCN(CC3=CCCCC3)CC2)cc1. The molecule has 2 fully saturated rings. The Bertz CT molecular complexity index is 1080. The van der Waals surface area contributed by atoms with Gasteiger partial charge in [-0.15, -0.1) is 0 Å². The predicted molar refractivity (Wildman–Crippen MR) is 165 cm³/mol. The van der Waals surface area contributed by atoms with E-state index in [1.807, 2.05) is 0 Å². The van der Waals surface area contributed by atoms with E-state index >= 15 is 0 Å². The van der Waals surface area contributed by atoms with Crippen LogP contribution in [0.3, 0.4) is 0 Å². The molecule has 1 amide bonds. The predicted octanol–water partition coefficient (Wildman–Crippen LogP) is 6.86. The van der Waals surface area contributed by atoms with Crippen molar-refractivity contribution < 1.29 is 9.53 Å². The van der Waals surface area contributed by atoms with Gasteiger partial charge in [0.15, 0.2) is 0 Å². The maximum Gasteiger partial charge on any atom is 0.254 e. The third kappa shape index (κ3) is 7.98. The number of rotatable bonds is 11. The third-order valence-electron chi connectivity index (χ3n) is 9.01. The van der Waals surface area contributed by atoms with Crippen LogP contribution in [0, 0.1) is 0 Å². The molecule has 5 heteroatoms. The van der Waals surface area contributed by atoms with Crippen LogP contribution >= 0.6 is 0 Å². The molecule has 2 aromatic rings. The second-order valence-corrected chi connectivity index (χ2v) is 12.0. The maximum absolute atomic E-state index is 14.0. The molecule has 0 atom stereocenters. The molecule has 0 aromatic heterocycles. The molecular weight excluding hydrogens is 494 g/mol. The summed E-state index contributed by atoms with van der Waals surface area (Å²) in [5.74, 6) is 0.172. The number of unbranched alkanes of at least 4 members (excludes halogenated alkanes) is 2. The number of aryl methyl sites for hydroxylation is 1. The van der Waals surface area contributed by atoms with Crippen molar-refractivity contribution in [2.75, 3.05) is 50.8 Å². The monoisotopic (exact) mass is 543 g/mol. The fourth-order valence-electron chi connectivity index (χ4n) is 6.48. The Morgan fingerprint density at radius 1 is 0.900 bits per heavy atom. The Morgan fingerprint density at radius 2 is 1.62 bits per heavy atom. The van der Waals surface area contributed by atoms with E-state index < -0.39 is 0 Å². The molecule has 2 aliphatic heterocycles. The summed E-state index contributed by atoms with van der Waals surface area (Å²) in [6.07, 6.45) is 14.5. The molecule has 0 saturated carbocycles. The molecule has 3 aliphatic rings. The Morgan fingerprint density at radius 3 is 2.30 bits per heavy atom. The normalized spacial score (nSPS) is 18.9. The van der Waals surface area contributed by atoms with Crippen LogP contribution in [-0.2, 0) is 17.7 Å². The zero-order valence-electron chi connectivity index (χ0n) is 24.7. The number of piperidine rings is 1. The number of nitrogens with zero attached hydrogens (tertiary/aromatic N) is 3. The summed E-state index contributed by atoms with van der Waals surface area (Å²) in [5.41, 5.74) is 6.22. The van der Waals surface area contributed by atoms with Crippen molar-refractivity contribution >= 4 is 11.6 Å². The number of hydrogen-bond acceptors (Lipinski definition) is 4. The summed E-state index contributed by atoms with van der Waals surface area (Å²) in [6, 6.07) is 17.6. The van der Waals surface area contributed by atoms with Crippen LogP contribution in [0.25, 0.3) is 0 Å². The summed E-state index contributed by atoms with van der Waals surface area (Å²) in [5, 5.41) is 0. The van der Waals surface area contributed by atoms with Gasteiger partial charge >= 0.3 is 0 Å². The van der Waals surface area contributed by atoms with Gasteiger partial charge in [-0.05, 0) is 86.8 Å². The lowest BCUT2D eigenvalue weighted by molar-refractivity contribution is 0.0556. The minimum absolute atomic E-state index is 0.172. The van der Waals surface area contributed by atoms with Gasteiger partial charge in [0.1, 0.15) is 0 Å². The quantitative estimate of drug-likeness (QED) is 0.229. The number of carbonyl (C=O) groups is 1. The lowest BCUT2D eigenvalue weighted by Gasteiger charge is -2.39. The number of benzene rings is 2. The van der Waals surface area contributed by atoms with Gasteiger partial charge in [0.05, 0.1) is 13.2 Å². The maximum atomic E-state index is 14.0. The van der Waals surface area contributed by atoms with E-state index in [4.69, 9.17) is 4.74 Å². The molecular formula is C35H49N3O2. The molecule has 2 aromatic carbocycles. The van der Waals surface area contributed by atoms with Crippen LogP contribution in [0.15, 0.2) is 60.2 Å². The summed E-state index contributed by atoms with van der Waals surface area (Å²) >= 11 is 0. The van der Waals surface area contributed by atoms with Crippen LogP contribution in [-0.4, -0.2) is 67.7 Å². The average molecular weight is 544 g/mol. The fraction of sp³-hybridized carbons (Fsp3) is 0.571. The average Bonchev–Trinajstić information content (AvgIpc) is 3.02. The van der Waals surface area contributed by atoms with Gasteiger partial charge < -0.3 is 14.5 Å². The van der Waals surface area contributed by atoms with Gasteiger partial charge in [0.2, 0.25) is 0 Å². The lowest BCUT2D eigenvalue weighted by Crippen LogP contribution is -2.47. The number of allylic oxidation sites excluding steroid dienone is 1. The first-order valence-electron chi connectivity index (χ1n) is 15.9. The highest BCUT2D eigenvalue weighted by molar-refractivity contribution is 5.94. The Labute approximate surface area is 242 Å². The third-order valence-corrected chi connectivity index (χ3v) is 9.01. The number of morpholine rings is 1. The molecule has 0 unspecified atom stereocenters. The number of likely N-dealkylation sites (tertiary alicyclic amines) is 1. The number of amides is 1. The second kappa shape index (κ2) is 14.8. The Balaban J connectivity index is 1.27. The lowest BCUT2D eigenvalue weighted by atomic mass is 9.96. The molecule has 216 valence electrons. The van der Waals surface area contributed by atoms with Crippen molar-refractivity contribution in [1.29, 1.82) is 0 Å². The molecule has 5 rings (SSSR count). The highest BCUT2D eigenvalue weighted by atomic mass is 16.5. The van der Waals surface area contributed by atoms with Crippen LogP contribution in [0.5, 0.6) is 0 Å². The number of carbonyl (C=O) groups excluding carboxylic acids is 1. The molecule has 0 spiro atoms. The van der Waals surface area contributed by atoms with Gasteiger partial charge in [0, 0.05) is 56.6 Å². The molecule has 2 heterocycles. The van der Waals surface area contributed by atoms with E-state index in [9.17, 15) is 4.79 Å². The molecule has 0 radical (unpaired) electrons. The molecule has 1 aliphatic carbocycles. The molecule has 0 bridgehead atoms. The van der Waals surface area contributed by atoms with Crippen molar-refractivity contribution in [3.8, 4) is 0 Å². The van der Waals surface area contributed by atoms with E-state index in [2.05, 4.69) is 76.2 Å². The van der Waals surface area contributed by atoms with Gasteiger partial charge in [-0.25, -0.2) is 0 Å². The van der Waals surface area contributed by atoms with Crippen molar-refractivity contribution in [3.05, 3.63) is 76.9 Å². The standard InChI is InChI=1S/C35H49N3O2/c1-2-3-5-8-29-11-15-32(16-12-29)35(39)38(28-31-13-17-33(18-14-31)37-23-25-40-26-24-37)34-19-21-36(22-20-34)27-30-9-6-4-7-10-30/h9,11-18,34H,2-8,10,19-28H2,1H3. The number of ether oxygens (including phenoxy) is 1. The van der Waals surface area contributed by atoms with Crippen molar-refractivity contribution in [2.24, 2.45) is 0 Å². The summed E-state index contributed by atoms with van der Waals surface area (Å²) in [7, 11) is 0. The smallest absolute Gasteiger partial charge is 0.254 e. The summed E-state index contributed by atoms with van der Waals surface area (Å²) < 4.78 is 5.52. The van der Waals surface area contributed by atoms with Crippen LogP contribution < -0.4 is 4.90 Å². The highest BCUT2D eigenvalue weighted by Gasteiger charge is 2.29. The van der Waals surface area contributed by atoms with E-state index in [1.54, 1.807) is 5.57 Å². The summed E-state index contributed by atoms with van der Waals surface area (Å²) in [6.45, 7) is 9.61. The number of hydrogen-bond donors (Lipinski definition) is 0. The molecule has 5 nitrogen and oxygen atoms in total. The summed E-state index contributed by atoms with van der Waals surface area (Å²) in [4.78, 5) is 21.2. The van der Waals surface area contributed by atoms with Crippen molar-refractivity contribution in [2.45, 2.75) is 83.7 Å². The minimum atomic E-state index is 0.172. The van der Waals surface area contributed by atoms with E-state index in [-0.39, 0.29) is 11.9 Å². The zero-order chi connectivity index (χ0) is 27.6. The van der Waals surface area contributed by atoms with Crippen LogP contribution in [0.1, 0.15) is 86.2 Å². The van der Waals surface area contributed by atoms with Gasteiger partial charge in [-0.1, -0.05) is 55.7 Å². The Hall–Kier alpha value is -2.63. The highest BCUT2D eigenvalue weighted by Crippen LogP contribution is 2.26. The topological polar surface area (TPSA) is 36.0 Å². The number of anilines is 1. The first-order valence-corrected chi connectivity index (χ1v) is 15.9. The second-order valence-electron chi connectivity index (χ2n) is 12.0. The molecule has 0 N–H and O–H groups in total. The van der Waals surface area contributed by atoms with E-state index in [1.165, 1.54) is 61.8 Å². The van der Waals surface area contributed by atoms with Crippen LogP contribution in [0.2, 0.25) is 0 Å². The largest absolute Gasteiger partial charge is 0.378 e. The van der Waals surface area contributed by atoms with Gasteiger partial charge in [-0.2, -0.15) is 0 Å². The molecule has 40 heavy (non-hydrogen) atoms. The minimum Gasteiger partial charge on any atom is -0.378 e. The first kappa shape index (κ1) is 28.9. The van der Waals surface area contributed by atoms with Crippen LogP contribution in [0.4, 0.5) is 5.69 Å². The fourth-order valence-corrected chi connectivity index (χ4v) is 6.48. The molecule has 2 saturated heterocycles. The van der Waals surface area contributed by atoms with Crippen molar-refractivity contribution in [3.63, 3.8) is 0 Å². The Kier molecular flexibility index (Phi) is 10.7. The van der Waals surface area contributed by atoms with E-state index in [0.29, 0.717) is 6.54 Å². The van der Waals surface area contributed by atoms with Crippen molar-refractivity contribution in [1.82, 2.24) is 9.80 Å². The van der Waals surface area contributed by atoms with E-state index in [0.717, 1.165) is 70.8 Å². The van der Waals surface area contributed by atoms with Gasteiger partial charge in [-0.3, -0.25) is 9.69 Å².